The molecule has 0 spiro atoms. The van der Waals surface area contributed by atoms with Crippen LogP contribution < -0.4 is 0 Å². The van der Waals surface area contributed by atoms with Crippen LogP contribution in [0.5, 0.6) is 0 Å². The van der Waals surface area contributed by atoms with Crippen LogP contribution in [0, 0.1) is 0 Å². The van der Waals surface area contributed by atoms with Gasteiger partial charge in [-0.1, -0.05) is 0 Å². The van der Waals surface area contributed by atoms with E-state index in [-0.39, 0.29) is 0 Å². The Hall–Kier alpha value is -0.256. The second-order valence-electron chi connectivity index (χ2n) is 11.0. The van der Waals surface area contributed by atoms with Gasteiger partial charge in [-0.2, -0.15) is 0 Å². The van der Waals surface area contributed by atoms with E-state index >= 15 is 0 Å². The van der Waals surface area contributed by atoms with Crippen molar-refractivity contribution in [2.45, 2.75) is 70.6 Å². The molecule has 0 saturated heterocycles. The zero-order chi connectivity index (χ0) is 20.3. The van der Waals surface area contributed by atoms with Crippen LogP contribution in [0.25, 0.3) is 0 Å². The molecule has 0 aromatic rings. The third kappa shape index (κ3) is 7.58. The van der Waals surface area contributed by atoms with E-state index < -0.39 is 39.1 Å². The van der Waals surface area contributed by atoms with E-state index in [1.807, 2.05) is 0 Å². The summed E-state index contributed by atoms with van der Waals surface area (Å²) in [5.41, 5.74) is 2.94. The van der Waals surface area contributed by atoms with Crippen molar-refractivity contribution >= 4 is 16.1 Å². The average molecular weight is 561 g/mol. The summed E-state index contributed by atoms with van der Waals surface area (Å²) in [4.78, 5) is 0. The van der Waals surface area contributed by atoms with Gasteiger partial charge in [0.25, 0.3) is 0 Å². The van der Waals surface area contributed by atoms with Gasteiger partial charge < -0.3 is 0 Å². The molecule has 146 valence electrons. The van der Waals surface area contributed by atoms with E-state index in [1.54, 1.807) is 0 Å². The molecule has 0 bridgehead atoms. The number of allylic oxidation sites excluding steroid dienone is 10. The Morgan fingerprint density at radius 1 is 0.667 bits per heavy atom. The molecule has 27 heavy (non-hydrogen) atoms. The Morgan fingerprint density at radius 3 is 1.22 bits per heavy atom. The summed E-state index contributed by atoms with van der Waals surface area (Å²) in [5, 5.41) is 0. The monoisotopic (exact) mass is 562 g/mol. The molecular weight excluding hydrogens is 523 g/mol. The molecule has 0 amide bonds. The van der Waals surface area contributed by atoms with Crippen molar-refractivity contribution in [1.82, 2.24) is 0 Å². The van der Waals surface area contributed by atoms with Gasteiger partial charge in [-0.25, -0.2) is 0 Å². The van der Waals surface area contributed by atoms with E-state index in [4.69, 9.17) is 0 Å². The fraction of sp³-hybridized carbons (Fsp3) is 0.500. The summed E-state index contributed by atoms with van der Waals surface area (Å²) >= 11 is -1.12. The quantitative estimate of drug-likeness (QED) is 0.186. The van der Waals surface area contributed by atoms with Crippen molar-refractivity contribution in [2.24, 2.45) is 0 Å². The number of hydrogen-bond acceptors (Lipinski definition) is 0. The van der Waals surface area contributed by atoms with Crippen LogP contribution in [0.3, 0.4) is 0 Å². The maximum absolute atomic E-state index is 4.51. The zero-order valence-electron chi connectivity index (χ0n) is 18.4. The Labute approximate surface area is 181 Å². The van der Waals surface area contributed by atoms with Crippen LogP contribution in [0.4, 0.5) is 0 Å². The minimum absolute atomic E-state index is 0.301. The van der Waals surface area contributed by atoms with Gasteiger partial charge >= 0.3 is 183 Å². The first-order chi connectivity index (χ1) is 12.3. The van der Waals surface area contributed by atoms with E-state index in [9.17, 15) is 0 Å². The average Bonchev–Trinajstić information content (AvgIpc) is 3.04. The van der Waals surface area contributed by atoms with Crippen LogP contribution in [-0.2, 0) is 22.9 Å². The second kappa shape index (κ2) is 8.63. The summed E-state index contributed by atoms with van der Waals surface area (Å²) in [6, 6.07) is 2.50. The molecule has 0 aromatic heterocycles. The van der Waals surface area contributed by atoms with Crippen molar-refractivity contribution in [3.8, 4) is 0 Å². The molecule has 0 unspecified atom stereocenters. The first-order valence-corrected chi connectivity index (χ1v) is 21.2. The Kier molecular flexibility index (Phi) is 7.36. The minimum atomic E-state index is -1.12. The summed E-state index contributed by atoms with van der Waals surface area (Å²) in [5.74, 6) is 0. The van der Waals surface area contributed by atoms with Crippen LogP contribution in [0.1, 0.15) is 12.8 Å². The van der Waals surface area contributed by atoms with Gasteiger partial charge in [-0.05, 0) is 0 Å². The predicted molar refractivity (Wildman–Crippen MR) is 126 cm³/mol. The van der Waals surface area contributed by atoms with E-state index in [0.717, 1.165) is 12.8 Å². The molecule has 0 atom stereocenters. The molecule has 0 aliphatic heterocycles. The molecule has 2 aliphatic carbocycles. The van der Waals surface area contributed by atoms with E-state index in [1.165, 1.54) is 23.2 Å². The van der Waals surface area contributed by atoms with Crippen molar-refractivity contribution in [1.29, 1.82) is 0 Å². The van der Waals surface area contributed by atoms with Gasteiger partial charge in [-0.3, -0.25) is 0 Å². The predicted octanol–water partition coefficient (Wildman–Crippen LogP) is 8.21. The molecular formula is C24H38HfSi2. The van der Waals surface area contributed by atoms with Crippen molar-refractivity contribution in [3.63, 3.8) is 0 Å². The molecule has 0 nitrogen and oxygen atoms in total. The summed E-state index contributed by atoms with van der Waals surface area (Å²) < 4.78 is 0.602. The van der Waals surface area contributed by atoms with Crippen LogP contribution in [0.2, 0.25) is 57.7 Å². The van der Waals surface area contributed by atoms with Crippen molar-refractivity contribution in [2.75, 3.05) is 0 Å². The molecule has 0 fully saturated rings. The van der Waals surface area contributed by atoms with Gasteiger partial charge in [0, 0.05) is 0 Å². The molecule has 0 N–H and O–H groups in total. The van der Waals surface area contributed by atoms with E-state index in [2.05, 4.69) is 101 Å². The van der Waals surface area contributed by atoms with Crippen molar-refractivity contribution < 1.29 is 22.9 Å². The topological polar surface area (TPSA) is 0 Å². The fourth-order valence-corrected chi connectivity index (χ4v) is 15.8. The van der Waals surface area contributed by atoms with Crippen LogP contribution >= 0.6 is 0 Å². The molecule has 2 rings (SSSR count). The third-order valence-electron chi connectivity index (χ3n) is 4.91. The Balaban J connectivity index is 2.17. The fourth-order valence-electron chi connectivity index (χ4n) is 4.40. The van der Waals surface area contributed by atoms with E-state index in [0.29, 0.717) is 6.34 Å². The first-order valence-electron chi connectivity index (χ1n) is 10.2. The molecule has 3 heteroatoms. The summed E-state index contributed by atoms with van der Waals surface area (Å²) in [7, 11) is -2.21. The van der Waals surface area contributed by atoms with Gasteiger partial charge in [0.1, 0.15) is 0 Å². The molecule has 0 radical (unpaired) electrons. The Morgan fingerprint density at radius 2 is 0.963 bits per heavy atom. The third-order valence-corrected chi connectivity index (χ3v) is 15.0. The molecule has 0 aromatic carbocycles. The molecule has 2 aliphatic rings. The maximum atomic E-state index is 4.51. The normalized spacial score (nSPS) is 19.6. The van der Waals surface area contributed by atoms with Gasteiger partial charge in [0.05, 0.1) is 0 Å². The zero-order valence-corrected chi connectivity index (χ0v) is 24.0. The number of hydrogen-bond donors (Lipinski definition) is 0. The number of rotatable bonds is 10. The van der Waals surface area contributed by atoms with Gasteiger partial charge in [0.2, 0.25) is 0 Å². The molecule has 0 saturated carbocycles. The Bertz CT molecular complexity index is 609. The standard InChI is InChI=1S/2C12H19Si.Hf/c2*1-11(10-13(2,3)4)9-12-7-5-6-8-12;/h2*5-8H,1,9-10H2,2-4H3;. The van der Waals surface area contributed by atoms with Crippen LogP contribution in [0.15, 0.2) is 72.9 Å². The van der Waals surface area contributed by atoms with Crippen molar-refractivity contribution in [3.05, 3.63) is 72.9 Å². The van der Waals surface area contributed by atoms with Crippen LogP contribution in [-0.4, -0.2) is 16.1 Å². The summed E-state index contributed by atoms with van der Waals surface area (Å²) in [6.45, 7) is 23.7. The second-order valence-corrected chi connectivity index (χ2v) is 29.5. The SMILES string of the molecule is C=C(C[C]1([Hf][C]2(CC(=C)C[Si](C)(C)C)C=CC=C2)C=CC=C1)C[Si](C)(C)C. The first kappa shape index (κ1) is 23.0. The molecule has 0 heterocycles. The van der Waals surface area contributed by atoms with Gasteiger partial charge in [-0.15, -0.1) is 0 Å². The van der Waals surface area contributed by atoms with Gasteiger partial charge in [0.15, 0.2) is 0 Å². The summed E-state index contributed by atoms with van der Waals surface area (Å²) in [6.07, 6.45) is 21.5.